The molecule has 0 saturated heterocycles. The molecular weight excluding hydrogens is 337 g/mol. The Morgan fingerprint density at radius 2 is 1.85 bits per heavy atom. The van der Waals surface area contributed by atoms with E-state index in [-0.39, 0.29) is 11.6 Å². The van der Waals surface area contributed by atoms with Gasteiger partial charge in [0.1, 0.15) is 17.1 Å². The number of carbonyl (C=O) groups is 1. The summed E-state index contributed by atoms with van der Waals surface area (Å²) in [4.78, 5) is 17.5. The summed E-state index contributed by atoms with van der Waals surface area (Å²) < 4.78 is 13.8. The van der Waals surface area contributed by atoms with Crippen LogP contribution in [0.5, 0.6) is 0 Å². The van der Waals surface area contributed by atoms with Crippen molar-refractivity contribution in [2.75, 3.05) is 0 Å². The molecule has 27 heavy (non-hydrogen) atoms. The third-order valence-corrected chi connectivity index (χ3v) is 5.28. The molecule has 0 spiro atoms. The van der Waals surface area contributed by atoms with Gasteiger partial charge < -0.3 is 0 Å². The number of ketones is 1. The Labute approximate surface area is 160 Å². The van der Waals surface area contributed by atoms with E-state index in [1.807, 2.05) is 30.3 Å². The first kappa shape index (κ1) is 19.2. The molecule has 0 bridgehead atoms. The molecule has 3 rings (SSSR count). The number of Topliss-reactive ketones (excluding diaryl/α,β-unsaturated/α-hetero) is 1. The van der Waals surface area contributed by atoms with E-state index >= 15 is 0 Å². The van der Waals surface area contributed by atoms with Crippen LogP contribution in [0.2, 0.25) is 0 Å². The van der Waals surface area contributed by atoms with Crippen LogP contribution in [0.4, 0.5) is 4.39 Å². The lowest BCUT2D eigenvalue weighted by Crippen LogP contribution is -2.32. The quantitative estimate of drug-likeness (QED) is 0.497. The van der Waals surface area contributed by atoms with Crippen molar-refractivity contribution < 1.29 is 9.18 Å². The van der Waals surface area contributed by atoms with Gasteiger partial charge in [0.05, 0.1) is 0 Å². The van der Waals surface area contributed by atoms with Crippen molar-refractivity contribution in [2.45, 2.75) is 46.0 Å². The molecule has 1 aromatic heterocycles. The minimum absolute atomic E-state index is 0.220. The predicted molar refractivity (Wildman–Crippen MR) is 108 cm³/mol. The standard InChI is InChI=1S/C24H26FNO/c1-3-4-13-24(2,16-18-9-6-5-7-10-18)22(27)15-19-14-20-11-8-12-21(25)23(20)26-17-19/h5-12,14,17H,3-4,13,15-16H2,1-2H3. The van der Waals surface area contributed by atoms with Crippen LogP contribution < -0.4 is 0 Å². The number of carbonyl (C=O) groups excluding carboxylic acids is 1. The fraction of sp³-hybridized carbons (Fsp3) is 0.333. The zero-order valence-electron chi connectivity index (χ0n) is 16.0. The number of fused-ring (bicyclic) bond motifs is 1. The molecule has 3 heteroatoms. The highest BCUT2D eigenvalue weighted by atomic mass is 19.1. The molecule has 1 unspecified atom stereocenters. The summed E-state index contributed by atoms with van der Waals surface area (Å²) in [6.07, 6.45) is 5.65. The van der Waals surface area contributed by atoms with Gasteiger partial charge >= 0.3 is 0 Å². The number of halogens is 1. The number of benzene rings is 2. The summed E-state index contributed by atoms with van der Waals surface area (Å²) in [6.45, 7) is 4.22. The maximum atomic E-state index is 13.8. The smallest absolute Gasteiger partial charge is 0.149 e. The van der Waals surface area contributed by atoms with Crippen LogP contribution in [0.1, 0.15) is 44.2 Å². The fourth-order valence-electron chi connectivity index (χ4n) is 3.60. The average molecular weight is 363 g/mol. The molecule has 0 aliphatic carbocycles. The minimum atomic E-state index is -0.408. The summed E-state index contributed by atoms with van der Waals surface area (Å²) in [5.41, 5.74) is 1.97. The first-order valence-electron chi connectivity index (χ1n) is 9.62. The lowest BCUT2D eigenvalue weighted by Gasteiger charge is -2.28. The monoisotopic (exact) mass is 363 g/mol. The number of rotatable bonds is 8. The zero-order chi connectivity index (χ0) is 19.3. The number of aromatic nitrogens is 1. The van der Waals surface area contributed by atoms with Gasteiger partial charge in [-0.25, -0.2) is 4.39 Å². The van der Waals surface area contributed by atoms with Gasteiger partial charge in [-0.1, -0.05) is 69.2 Å². The molecule has 2 aromatic carbocycles. The van der Waals surface area contributed by atoms with Crippen molar-refractivity contribution in [2.24, 2.45) is 5.41 Å². The summed E-state index contributed by atoms with van der Waals surface area (Å²) in [7, 11) is 0. The highest BCUT2D eigenvalue weighted by Gasteiger charge is 2.32. The Morgan fingerprint density at radius 1 is 1.07 bits per heavy atom. The third-order valence-electron chi connectivity index (χ3n) is 5.28. The first-order valence-corrected chi connectivity index (χ1v) is 9.62. The summed E-state index contributed by atoms with van der Waals surface area (Å²) in [5.74, 6) is -0.111. The highest BCUT2D eigenvalue weighted by Crippen LogP contribution is 2.32. The number of nitrogens with zero attached hydrogens (tertiary/aromatic N) is 1. The second kappa shape index (κ2) is 8.43. The molecule has 0 radical (unpaired) electrons. The van der Waals surface area contributed by atoms with E-state index in [0.29, 0.717) is 11.9 Å². The van der Waals surface area contributed by atoms with Crippen LogP contribution in [-0.4, -0.2) is 10.8 Å². The molecule has 0 saturated carbocycles. The molecule has 0 aliphatic heterocycles. The second-order valence-electron chi connectivity index (χ2n) is 7.58. The van der Waals surface area contributed by atoms with Gasteiger partial charge in [-0.2, -0.15) is 0 Å². The maximum absolute atomic E-state index is 13.8. The van der Waals surface area contributed by atoms with Crippen LogP contribution in [0, 0.1) is 11.2 Å². The Hall–Kier alpha value is -2.55. The van der Waals surface area contributed by atoms with Crippen molar-refractivity contribution in [3.8, 4) is 0 Å². The summed E-state index contributed by atoms with van der Waals surface area (Å²) in [6, 6.07) is 17.0. The van der Waals surface area contributed by atoms with E-state index in [1.165, 1.54) is 11.6 Å². The Kier molecular flexibility index (Phi) is 6.00. The van der Waals surface area contributed by atoms with Crippen LogP contribution >= 0.6 is 0 Å². The Morgan fingerprint density at radius 3 is 2.59 bits per heavy atom. The van der Waals surface area contributed by atoms with Gasteiger partial charge in [0, 0.05) is 23.4 Å². The molecule has 0 N–H and O–H groups in total. The lowest BCUT2D eigenvalue weighted by molar-refractivity contribution is -0.127. The molecular formula is C24H26FNO. The van der Waals surface area contributed by atoms with Crippen LogP contribution in [0.3, 0.4) is 0 Å². The molecule has 0 aliphatic rings. The summed E-state index contributed by atoms with van der Waals surface area (Å²) in [5, 5.41) is 0.735. The molecule has 2 nitrogen and oxygen atoms in total. The fourth-order valence-corrected chi connectivity index (χ4v) is 3.60. The molecule has 140 valence electrons. The van der Waals surface area contributed by atoms with Crippen molar-refractivity contribution in [3.05, 3.63) is 77.7 Å². The number of para-hydroxylation sites is 1. The lowest BCUT2D eigenvalue weighted by atomic mass is 9.74. The predicted octanol–water partition coefficient (Wildman–Crippen LogP) is 5.92. The van der Waals surface area contributed by atoms with E-state index in [2.05, 4.69) is 31.0 Å². The summed E-state index contributed by atoms with van der Waals surface area (Å²) >= 11 is 0. The van der Waals surface area contributed by atoms with Crippen molar-refractivity contribution in [1.82, 2.24) is 4.98 Å². The zero-order valence-corrected chi connectivity index (χ0v) is 16.0. The topological polar surface area (TPSA) is 30.0 Å². The third kappa shape index (κ3) is 4.60. The van der Waals surface area contributed by atoms with Gasteiger partial charge in [0.2, 0.25) is 0 Å². The van der Waals surface area contributed by atoms with E-state index in [1.54, 1.807) is 12.3 Å². The van der Waals surface area contributed by atoms with Crippen LogP contribution in [0.25, 0.3) is 10.9 Å². The van der Waals surface area contributed by atoms with E-state index < -0.39 is 5.41 Å². The number of hydrogen-bond donors (Lipinski definition) is 0. The van der Waals surface area contributed by atoms with Gasteiger partial charge in [-0.15, -0.1) is 0 Å². The SMILES string of the molecule is CCCCC(C)(Cc1ccccc1)C(=O)Cc1cnc2c(F)cccc2c1. The van der Waals surface area contributed by atoms with Crippen LogP contribution in [-0.2, 0) is 17.6 Å². The highest BCUT2D eigenvalue weighted by molar-refractivity contribution is 5.88. The minimum Gasteiger partial charge on any atom is -0.299 e. The number of unbranched alkanes of at least 4 members (excludes halogenated alkanes) is 1. The molecule has 0 amide bonds. The largest absolute Gasteiger partial charge is 0.299 e. The Balaban J connectivity index is 1.83. The van der Waals surface area contributed by atoms with Gasteiger partial charge in [0.25, 0.3) is 0 Å². The second-order valence-corrected chi connectivity index (χ2v) is 7.58. The molecule has 1 atom stereocenters. The first-order chi connectivity index (χ1) is 13.0. The van der Waals surface area contributed by atoms with Crippen molar-refractivity contribution in [3.63, 3.8) is 0 Å². The van der Waals surface area contributed by atoms with Gasteiger partial charge in [-0.05, 0) is 36.1 Å². The molecule has 3 aromatic rings. The van der Waals surface area contributed by atoms with Gasteiger partial charge in [0.15, 0.2) is 0 Å². The average Bonchev–Trinajstić information content (AvgIpc) is 2.67. The van der Waals surface area contributed by atoms with E-state index in [9.17, 15) is 9.18 Å². The maximum Gasteiger partial charge on any atom is 0.149 e. The molecule has 0 fully saturated rings. The normalized spacial score (nSPS) is 13.4. The number of hydrogen-bond acceptors (Lipinski definition) is 2. The Bertz CT molecular complexity index is 922. The van der Waals surface area contributed by atoms with E-state index in [4.69, 9.17) is 0 Å². The van der Waals surface area contributed by atoms with E-state index in [0.717, 1.165) is 36.6 Å². The van der Waals surface area contributed by atoms with Crippen molar-refractivity contribution in [1.29, 1.82) is 0 Å². The van der Waals surface area contributed by atoms with Crippen LogP contribution in [0.15, 0.2) is 60.8 Å². The number of pyridine rings is 1. The van der Waals surface area contributed by atoms with Gasteiger partial charge in [-0.3, -0.25) is 9.78 Å². The van der Waals surface area contributed by atoms with Crippen molar-refractivity contribution >= 4 is 16.7 Å². The molecule has 1 heterocycles.